The van der Waals surface area contributed by atoms with Crippen LogP contribution in [0.4, 0.5) is 4.39 Å². The molecule has 1 unspecified atom stereocenters. The van der Waals surface area contributed by atoms with Crippen LogP contribution in [0.1, 0.15) is 44.9 Å². The van der Waals surface area contributed by atoms with Crippen molar-refractivity contribution in [2.45, 2.75) is 40.7 Å². The maximum atomic E-state index is 13.7. The molecule has 0 fully saturated rings. The monoisotopic (exact) mass is 450 g/mol. The minimum Gasteiger partial charge on any atom is -0.369 e. The minimum atomic E-state index is -0.721. The Morgan fingerprint density at radius 3 is 2.54 bits per heavy atom. The van der Waals surface area contributed by atoms with Crippen LogP contribution in [0.3, 0.4) is 0 Å². The number of carbonyl (C=O) groups is 1. The highest BCUT2D eigenvalue weighted by Gasteiger charge is 2.24. The van der Waals surface area contributed by atoms with Crippen molar-refractivity contribution in [2.75, 3.05) is 13.1 Å². The highest BCUT2D eigenvalue weighted by molar-refractivity contribution is 14.0. The summed E-state index contributed by atoms with van der Waals surface area (Å²) in [5, 5.41) is 6.33. The number of halogens is 2. The van der Waals surface area contributed by atoms with Crippen LogP contribution in [0.15, 0.2) is 23.2 Å². The number of amides is 1. The quantitative estimate of drug-likeness (QED) is 0.354. The molecule has 0 aromatic heterocycles. The Balaban J connectivity index is 0.00000529. The number of aryl methyl sites for hydroxylation is 1. The zero-order valence-electron chi connectivity index (χ0n) is 14.9. The van der Waals surface area contributed by atoms with Crippen molar-refractivity contribution in [2.24, 2.45) is 16.1 Å². The van der Waals surface area contributed by atoms with E-state index in [1.54, 1.807) is 26.8 Å². The second-order valence-corrected chi connectivity index (χ2v) is 6.32. The number of hydrogen-bond acceptors (Lipinski definition) is 2. The highest BCUT2D eigenvalue weighted by atomic mass is 127. The number of nitrogens with zero attached hydrogens (tertiary/aromatic N) is 1. The van der Waals surface area contributed by atoms with Gasteiger partial charge in [0.15, 0.2) is 5.96 Å². The van der Waals surface area contributed by atoms with Crippen molar-refractivity contribution in [3.63, 3.8) is 0 Å². The molecule has 1 atom stereocenters. The van der Waals surface area contributed by atoms with Crippen molar-refractivity contribution in [1.82, 2.24) is 10.6 Å². The molecule has 1 aromatic carbocycles. The molecule has 5 nitrogen and oxygen atoms in total. The second kappa shape index (κ2) is 9.80. The van der Waals surface area contributed by atoms with Crippen LogP contribution in [0.25, 0.3) is 0 Å². The third-order valence-corrected chi connectivity index (χ3v) is 3.69. The lowest BCUT2D eigenvalue weighted by atomic mass is 9.93. The molecule has 0 saturated heterocycles. The summed E-state index contributed by atoms with van der Waals surface area (Å²) in [6, 6.07) is 5.03. The summed E-state index contributed by atoms with van der Waals surface area (Å²) in [6.45, 7) is 10.1. The van der Waals surface area contributed by atoms with Crippen LogP contribution in [0.5, 0.6) is 0 Å². The van der Waals surface area contributed by atoms with E-state index in [1.165, 1.54) is 6.07 Å². The third kappa shape index (κ3) is 6.62. The average Bonchev–Trinajstić information content (AvgIpc) is 2.47. The van der Waals surface area contributed by atoms with E-state index in [2.05, 4.69) is 15.6 Å². The van der Waals surface area contributed by atoms with Crippen LogP contribution in [0.2, 0.25) is 0 Å². The highest BCUT2D eigenvalue weighted by Crippen LogP contribution is 2.17. The summed E-state index contributed by atoms with van der Waals surface area (Å²) in [5.41, 5.74) is 6.08. The summed E-state index contributed by atoms with van der Waals surface area (Å²) >= 11 is 0. The molecule has 0 spiro atoms. The first kappa shape index (κ1) is 22.6. The van der Waals surface area contributed by atoms with Gasteiger partial charge in [-0.3, -0.25) is 9.79 Å². The number of primary amides is 1. The van der Waals surface area contributed by atoms with Crippen LogP contribution < -0.4 is 16.4 Å². The molecule has 4 N–H and O–H groups in total. The number of carbonyl (C=O) groups excluding carboxylic acids is 1. The van der Waals surface area contributed by atoms with Crippen molar-refractivity contribution in [3.05, 3.63) is 35.1 Å². The minimum absolute atomic E-state index is 0. The third-order valence-electron chi connectivity index (χ3n) is 3.69. The molecular weight excluding hydrogens is 422 g/mol. The van der Waals surface area contributed by atoms with Gasteiger partial charge in [0, 0.05) is 6.54 Å². The first-order valence-electron chi connectivity index (χ1n) is 7.78. The Morgan fingerprint density at radius 2 is 2.04 bits per heavy atom. The van der Waals surface area contributed by atoms with Crippen LogP contribution in [-0.4, -0.2) is 25.0 Å². The molecular formula is C17H28FIN4O. The summed E-state index contributed by atoms with van der Waals surface area (Å²) in [5.74, 6) is -0.0611. The standard InChI is InChI=1S/C17H27FN4O.HI/c1-6-20-16(21-10-17(4,5)15(19)23)22-12(3)13-8-7-11(2)14(18)9-13;/h7-9,12H,6,10H2,1-5H3,(H2,19,23)(H2,20,21,22);1H. The molecule has 1 rings (SSSR count). The van der Waals surface area contributed by atoms with Crippen molar-refractivity contribution >= 4 is 35.8 Å². The molecule has 136 valence electrons. The fourth-order valence-corrected chi connectivity index (χ4v) is 1.84. The summed E-state index contributed by atoms with van der Waals surface area (Å²) < 4.78 is 13.7. The van der Waals surface area contributed by atoms with Crippen molar-refractivity contribution in [1.29, 1.82) is 0 Å². The van der Waals surface area contributed by atoms with E-state index >= 15 is 0 Å². The average molecular weight is 450 g/mol. The largest absolute Gasteiger partial charge is 0.369 e. The van der Waals surface area contributed by atoms with Gasteiger partial charge in [0.2, 0.25) is 5.91 Å². The van der Waals surface area contributed by atoms with Crippen LogP contribution in [-0.2, 0) is 4.79 Å². The van der Waals surface area contributed by atoms with Gasteiger partial charge >= 0.3 is 0 Å². The van der Waals surface area contributed by atoms with Gasteiger partial charge in [-0.05, 0) is 51.8 Å². The van der Waals surface area contributed by atoms with Gasteiger partial charge in [0.1, 0.15) is 5.82 Å². The molecule has 0 heterocycles. The number of aliphatic imine (C=N–C) groups is 1. The van der Waals surface area contributed by atoms with E-state index in [4.69, 9.17) is 5.73 Å². The smallest absolute Gasteiger partial charge is 0.224 e. The molecule has 0 aliphatic heterocycles. The zero-order valence-corrected chi connectivity index (χ0v) is 17.3. The fourth-order valence-electron chi connectivity index (χ4n) is 1.84. The lowest BCUT2D eigenvalue weighted by Gasteiger charge is -2.21. The molecule has 0 aliphatic carbocycles. The van der Waals surface area contributed by atoms with Crippen molar-refractivity contribution < 1.29 is 9.18 Å². The van der Waals surface area contributed by atoms with E-state index in [0.29, 0.717) is 18.1 Å². The number of guanidine groups is 1. The van der Waals surface area contributed by atoms with E-state index in [1.807, 2.05) is 19.9 Å². The van der Waals surface area contributed by atoms with E-state index in [0.717, 1.165) is 5.56 Å². The second-order valence-electron chi connectivity index (χ2n) is 6.32. The lowest BCUT2D eigenvalue weighted by Crippen LogP contribution is -2.41. The van der Waals surface area contributed by atoms with Crippen molar-refractivity contribution in [3.8, 4) is 0 Å². The molecule has 24 heavy (non-hydrogen) atoms. The predicted molar refractivity (Wildman–Crippen MR) is 107 cm³/mol. The molecule has 0 radical (unpaired) electrons. The zero-order chi connectivity index (χ0) is 17.6. The number of nitrogens with one attached hydrogen (secondary N) is 2. The maximum Gasteiger partial charge on any atom is 0.224 e. The molecule has 1 amide bonds. The van der Waals surface area contributed by atoms with Gasteiger partial charge in [-0.1, -0.05) is 12.1 Å². The topological polar surface area (TPSA) is 79.5 Å². The number of benzene rings is 1. The Bertz CT molecular complexity index is 590. The Kier molecular flexibility index (Phi) is 9.24. The molecule has 0 saturated carbocycles. The SMILES string of the molecule is CCNC(=NCC(C)(C)C(N)=O)NC(C)c1ccc(C)c(F)c1.I. The van der Waals surface area contributed by atoms with E-state index < -0.39 is 11.3 Å². The van der Waals surface area contributed by atoms with E-state index in [-0.39, 0.29) is 42.4 Å². The van der Waals surface area contributed by atoms with Gasteiger partial charge in [-0.25, -0.2) is 4.39 Å². The molecule has 7 heteroatoms. The van der Waals surface area contributed by atoms with Crippen LogP contribution >= 0.6 is 24.0 Å². The molecule has 0 aliphatic rings. The van der Waals surface area contributed by atoms with Gasteiger partial charge in [0.05, 0.1) is 18.0 Å². The molecule has 1 aromatic rings. The normalized spacial score (nSPS) is 13.0. The predicted octanol–water partition coefficient (Wildman–Crippen LogP) is 2.88. The van der Waals surface area contributed by atoms with Crippen LogP contribution in [0, 0.1) is 18.2 Å². The number of nitrogens with two attached hydrogens (primary N) is 1. The Labute approximate surface area is 160 Å². The number of rotatable bonds is 6. The summed E-state index contributed by atoms with van der Waals surface area (Å²) in [7, 11) is 0. The lowest BCUT2D eigenvalue weighted by molar-refractivity contribution is -0.125. The first-order chi connectivity index (χ1) is 10.7. The first-order valence-corrected chi connectivity index (χ1v) is 7.78. The fraction of sp³-hybridized carbons (Fsp3) is 0.529. The van der Waals surface area contributed by atoms with Gasteiger partial charge in [-0.2, -0.15) is 0 Å². The van der Waals surface area contributed by atoms with Gasteiger partial charge < -0.3 is 16.4 Å². The molecule has 0 bridgehead atoms. The Morgan fingerprint density at radius 1 is 1.42 bits per heavy atom. The van der Waals surface area contributed by atoms with Gasteiger partial charge in [-0.15, -0.1) is 24.0 Å². The maximum absolute atomic E-state index is 13.7. The van der Waals surface area contributed by atoms with Gasteiger partial charge in [0.25, 0.3) is 0 Å². The summed E-state index contributed by atoms with van der Waals surface area (Å²) in [6.07, 6.45) is 0. The van der Waals surface area contributed by atoms with E-state index in [9.17, 15) is 9.18 Å². The Hall–Kier alpha value is -1.38. The summed E-state index contributed by atoms with van der Waals surface area (Å²) in [4.78, 5) is 15.8. The number of hydrogen-bond donors (Lipinski definition) is 3.